The van der Waals surface area contributed by atoms with Gasteiger partial charge in [0.1, 0.15) is 0 Å². The van der Waals surface area contributed by atoms with Gasteiger partial charge in [0.2, 0.25) is 0 Å². The van der Waals surface area contributed by atoms with Crippen LogP contribution in [0, 0.1) is 0 Å². The lowest BCUT2D eigenvalue weighted by atomic mass is 10.2. The third kappa shape index (κ3) is 4.25. The predicted octanol–water partition coefficient (Wildman–Crippen LogP) is 1.70. The number of hydrogen-bond donors (Lipinski definition) is 2. The van der Waals surface area contributed by atoms with Crippen molar-refractivity contribution in [2.75, 3.05) is 20.2 Å². The summed E-state index contributed by atoms with van der Waals surface area (Å²) >= 11 is 0. The van der Waals surface area contributed by atoms with E-state index in [2.05, 4.69) is 0 Å². The summed E-state index contributed by atoms with van der Waals surface area (Å²) in [6.45, 7) is 3.85. The van der Waals surface area contributed by atoms with E-state index in [1.54, 1.807) is 12.1 Å². The van der Waals surface area contributed by atoms with Gasteiger partial charge in [0.05, 0.1) is 13.5 Å². The molecule has 1 aromatic rings. The Bertz CT molecular complexity index is 406. The smallest absolute Gasteiger partial charge is 0.304 e. The minimum absolute atomic E-state index is 0.101. The van der Waals surface area contributed by atoms with Crippen molar-refractivity contribution in [1.29, 1.82) is 0 Å². The number of carboxylic acid groups (broad SMARTS) is 1. The molecular formula is C13H19NO4. The molecule has 0 aliphatic rings. The fourth-order valence-corrected chi connectivity index (χ4v) is 1.69. The summed E-state index contributed by atoms with van der Waals surface area (Å²) in [5.74, 6) is -0.261. The predicted molar refractivity (Wildman–Crippen MR) is 67.9 cm³/mol. The van der Waals surface area contributed by atoms with Crippen molar-refractivity contribution in [2.45, 2.75) is 19.9 Å². The lowest BCUT2D eigenvalue weighted by molar-refractivity contribution is -0.137. The quantitative estimate of drug-likeness (QED) is 0.774. The topological polar surface area (TPSA) is 70.0 Å². The Balaban J connectivity index is 2.64. The highest BCUT2D eigenvalue weighted by Gasteiger charge is 2.08. The third-order valence-corrected chi connectivity index (χ3v) is 2.74. The van der Waals surface area contributed by atoms with E-state index >= 15 is 0 Å². The van der Waals surface area contributed by atoms with Crippen LogP contribution in [0.2, 0.25) is 0 Å². The molecule has 0 atom stereocenters. The van der Waals surface area contributed by atoms with Crippen molar-refractivity contribution in [1.82, 2.24) is 4.90 Å². The van der Waals surface area contributed by atoms with Gasteiger partial charge < -0.3 is 14.9 Å². The van der Waals surface area contributed by atoms with Gasteiger partial charge in [0, 0.05) is 13.1 Å². The first-order valence-electron chi connectivity index (χ1n) is 5.86. The van der Waals surface area contributed by atoms with Crippen molar-refractivity contribution in [3.8, 4) is 11.5 Å². The molecule has 0 heterocycles. The van der Waals surface area contributed by atoms with E-state index in [-0.39, 0.29) is 12.2 Å². The number of carboxylic acids is 1. The van der Waals surface area contributed by atoms with Crippen LogP contribution in [0.15, 0.2) is 18.2 Å². The Morgan fingerprint density at radius 3 is 2.67 bits per heavy atom. The van der Waals surface area contributed by atoms with Crippen LogP contribution in [0.5, 0.6) is 11.5 Å². The van der Waals surface area contributed by atoms with Crippen LogP contribution in [0.1, 0.15) is 18.9 Å². The summed E-state index contributed by atoms with van der Waals surface area (Å²) in [5.41, 5.74) is 0.931. The van der Waals surface area contributed by atoms with Gasteiger partial charge in [0.15, 0.2) is 11.5 Å². The first-order chi connectivity index (χ1) is 8.56. The first-order valence-corrected chi connectivity index (χ1v) is 5.86. The fourth-order valence-electron chi connectivity index (χ4n) is 1.69. The molecule has 0 radical (unpaired) electrons. The molecule has 0 aromatic heterocycles. The molecule has 5 heteroatoms. The summed E-state index contributed by atoms with van der Waals surface area (Å²) in [6, 6.07) is 5.21. The van der Waals surface area contributed by atoms with E-state index in [1.165, 1.54) is 7.11 Å². The maximum Gasteiger partial charge on any atom is 0.304 e. The maximum absolute atomic E-state index is 10.5. The molecule has 1 rings (SSSR count). The molecule has 0 unspecified atom stereocenters. The number of carbonyl (C=O) groups is 1. The number of phenolic OH excluding ortho intramolecular Hbond substituents is 1. The highest BCUT2D eigenvalue weighted by molar-refractivity contribution is 5.66. The molecular weight excluding hydrogens is 234 g/mol. The number of hydrogen-bond acceptors (Lipinski definition) is 4. The minimum Gasteiger partial charge on any atom is -0.504 e. The van der Waals surface area contributed by atoms with Gasteiger partial charge in [-0.15, -0.1) is 0 Å². The Morgan fingerprint density at radius 1 is 1.44 bits per heavy atom. The van der Waals surface area contributed by atoms with E-state index in [0.29, 0.717) is 18.8 Å². The van der Waals surface area contributed by atoms with E-state index in [0.717, 1.165) is 12.1 Å². The van der Waals surface area contributed by atoms with Crippen molar-refractivity contribution < 1.29 is 19.7 Å². The highest BCUT2D eigenvalue weighted by atomic mass is 16.5. The van der Waals surface area contributed by atoms with E-state index in [4.69, 9.17) is 9.84 Å². The number of aromatic hydroxyl groups is 1. The van der Waals surface area contributed by atoms with Crippen molar-refractivity contribution in [2.24, 2.45) is 0 Å². The molecule has 18 heavy (non-hydrogen) atoms. The Hall–Kier alpha value is -1.75. The van der Waals surface area contributed by atoms with Crippen LogP contribution >= 0.6 is 0 Å². The lowest BCUT2D eigenvalue weighted by Crippen LogP contribution is -2.25. The van der Waals surface area contributed by atoms with Gasteiger partial charge in [-0.05, 0) is 24.2 Å². The summed E-state index contributed by atoms with van der Waals surface area (Å²) in [6.07, 6.45) is 0.121. The second kappa shape index (κ2) is 6.86. The zero-order valence-electron chi connectivity index (χ0n) is 10.7. The van der Waals surface area contributed by atoms with Gasteiger partial charge in [0.25, 0.3) is 0 Å². The van der Waals surface area contributed by atoms with Gasteiger partial charge in [-0.25, -0.2) is 0 Å². The minimum atomic E-state index is -0.800. The fraction of sp³-hybridized carbons (Fsp3) is 0.462. The number of ether oxygens (including phenoxy) is 1. The molecule has 0 spiro atoms. The van der Waals surface area contributed by atoms with Gasteiger partial charge in [-0.1, -0.05) is 13.0 Å². The lowest BCUT2D eigenvalue weighted by Gasteiger charge is -2.19. The summed E-state index contributed by atoms with van der Waals surface area (Å²) < 4.78 is 4.97. The first kappa shape index (κ1) is 14.3. The molecule has 0 bridgehead atoms. The molecule has 1 aromatic carbocycles. The van der Waals surface area contributed by atoms with Crippen LogP contribution in [-0.2, 0) is 11.3 Å². The van der Waals surface area contributed by atoms with Crippen LogP contribution in [0.3, 0.4) is 0 Å². The van der Waals surface area contributed by atoms with Crippen LogP contribution in [0.4, 0.5) is 0 Å². The second-order valence-electron chi connectivity index (χ2n) is 4.02. The van der Waals surface area contributed by atoms with Gasteiger partial charge >= 0.3 is 5.97 Å². The summed E-state index contributed by atoms with van der Waals surface area (Å²) in [7, 11) is 1.50. The SMILES string of the molecule is CCN(CCC(=O)O)Cc1ccc(OC)c(O)c1. The largest absolute Gasteiger partial charge is 0.504 e. The molecule has 0 saturated heterocycles. The molecule has 0 fully saturated rings. The number of nitrogens with zero attached hydrogens (tertiary/aromatic N) is 1. The third-order valence-electron chi connectivity index (χ3n) is 2.74. The average molecular weight is 253 g/mol. The molecule has 100 valence electrons. The standard InChI is InChI=1S/C13H19NO4/c1-3-14(7-6-13(16)17)9-10-4-5-12(18-2)11(15)8-10/h4-5,8,15H,3,6-7,9H2,1-2H3,(H,16,17). The van der Waals surface area contributed by atoms with Crippen molar-refractivity contribution >= 4 is 5.97 Å². The maximum atomic E-state index is 10.5. The zero-order chi connectivity index (χ0) is 13.5. The van der Waals surface area contributed by atoms with Gasteiger partial charge in [-0.3, -0.25) is 9.69 Å². The molecule has 0 aliphatic carbocycles. The number of rotatable bonds is 7. The van der Waals surface area contributed by atoms with E-state index in [1.807, 2.05) is 17.9 Å². The highest BCUT2D eigenvalue weighted by Crippen LogP contribution is 2.26. The Kier molecular flexibility index (Phi) is 5.45. The second-order valence-corrected chi connectivity index (χ2v) is 4.02. The molecule has 5 nitrogen and oxygen atoms in total. The van der Waals surface area contributed by atoms with E-state index < -0.39 is 5.97 Å². The number of phenols is 1. The number of aliphatic carboxylic acids is 1. The monoisotopic (exact) mass is 253 g/mol. The van der Waals surface area contributed by atoms with Crippen LogP contribution in [-0.4, -0.2) is 41.3 Å². The van der Waals surface area contributed by atoms with Crippen LogP contribution < -0.4 is 4.74 Å². The number of methoxy groups -OCH3 is 1. The van der Waals surface area contributed by atoms with Gasteiger partial charge in [-0.2, -0.15) is 0 Å². The van der Waals surface area contributed by atoms with Crippen molar-refractivity contribution in [3.05, 3.63) is 23.8 Å². The Morgan fingerprint density at radius 2 is 2.17 bits per heavy atom. The Labute approximate surface area is 107 Å². The average Bonchev–Trinajstić information content (AvgIpc) is 2.34. The normalized spacial score (nSPS) is 10.6. The zero-order valence-corrected chi connectivity index (χ0v) is 10.7. The molecule has 0 saturated carbocycles. The molecule has 2 N–H and O–H groups in total. The van der Waals surface area contributed by atoms with Crippen LogP contribution in [0.25, 0.3) is 0 Å². The molecule has 0 aliphatic heterocycles. The van der Waals surface area contributed by atoms with E-state index in [9.17, 15) is 9.90 Å². The number of benzene rings is 1. The summed E-state index contributed by atoms with van der Waals surface area (Å²) in [5, 5.41) is 18.3. The summed E-state index contributed by atoms with van der Waals surface area (Å²) in [4.78, 5) is 12.5. The molecule has 0 amide bonds. The van der Waals surface area contributed by atoms with Crippen molar-refractivity contribution in [3.63, 3.8) is 0 Å².